The van der Waals surface area contributed by atoms with Gasteiger partial charge in [0.15, 0.2) is 0 Å². The minimum atomic E-state index is -0.355. The predicted molar refractivity (Wildman–Crippen MR) is 71.0 cm³/mol. The Bertz CT molecular complexity index is 427. The second-order valence-corrected chi connectivity index (χ2v) is 5.31. The molecule has 0 bridgehead atoms. The first-order chi connectivity index (χ1) is 9.04. The van der Waals surface area contributed by atoms with E-state index in [1.54, 1.807) is 12.1 Å². The van der Waals surface area contributed by atoms with Gasteiger partial charge in [0.05, 0.1) is 37.0 Å². The highest BCUT2D eigenvalue weighted by Gasteiger charge is 2.37. The molecule has 2 N–H and O–H groups in total. The third-order valence-corrected chi connectivity index (χ3v) is 3.12. The second-order valence-electron chi connectivity index (χ2n) is 5.31. The average molecular weight is 269 g/mol. The first-order valence-corrected chi connectivity index (χ1v) is 6.43. The third kappa shape index (κ3) is 3.36. The van der Waals surface area contributed by atoms with Gasteiger partial charge in [0.2, 0.25) is 0 Å². The standard InChI is InChI=1S/C14H20FNO3/c1-10(2)19-11-3-4-13(12(15)5-11)16-6-14(7-17)8-18-9-14/h3-5,10,16-17H,6-9H2,1-2H3. The number of hydrogen-bond acceptors (Lipinski definition) is 4. The maximum Gasteiger partial charge on any atom is 0.149 e. The van der Waals surface area contributed by atoms with Crippen LogP contribution in [0.5, 0.6) is 5.75 Å². The molecule has 0 amide bonds. The van der Waals surface area contributed by atoms with Gasteiger partial charge in [-0.3, -0.25) is 0 Å². The van der Waals surface area contributed by atoms with E-state index in [4.69, 9.17) is 9.47 Å². The summed E-state index contributed by atoms with van der Waals surface area (Å²) in [6, 6.07) is 4.75. The topological polar surface area (TPSA) is 50.7 Å². The van der Waals surface area contributed by atoms with E-state index < -0.39 is 0 Å². The first-order valence-electron chi connectivity index (χ1n) is 6.43. The minimum Gasteiger partial charge on any atom is -0.491 e. The summed E-state index contributed by atoms with van der Waals surface area (Å²) in [5.41, 5.74) is 0.135. The lowest BCUT2D eigenvalue weighted by molar-refractivity contribution is -0.128. The van der Waals surface area contributed by atoms with Crippen LogP contribution in [-0.4, -0.2) is 37.6 Å². The normalized spacial score (nSPS) is 17.1. The molecule has 1 saturated heterocycles. The number of halogens is 1. The number of hydrogen-bond donors (Lipinski definition) is 2. The van der Waals surface area contributed by atoms with E-state index >= 15 is 0 Å². The molecule has 1 aliphatic rings. The van der Waals surface area contributed by atoms with E-state index in [9.17, 15) is 9.50 Å². The summed E-state index contributed by atoms with van der Waals surface area (Å²) in [6.45, 7) is 5.33. The molecule has 1 aromatic rings. The van der Waals surface area contributed by atoms with Crippen LogP contribution in [0.15, 0.2) is 18.2 Å². The summed E-state index contributed by atoms with van der Waals surface area (Å²) in [5, 5.41) is 12.3. The number of benzene rings is 1. The van der Waals surface area contributed by atoms with Gasteiger partial charge in [-0.1, -0.05) is 0 Å². The zero-order chi connectivity index (χ0) is 13.9. The summed E-state index contributed by atoms with van der Waals surface area (Å²) in [6.07, 6.45) is 0.0167. The van der Waals surface area contributed by atoms with Crippen LogP contribution in [0.1, 0.15) is 13.8 Å². The number of anilines is 1. The SMILES string of the molecule is CC(C)Oc1ccc(NCC2(CO)COC2)c(F)c1. The van der Waals surface area contributed by atoms with Crippen molar-refractivity contribution in [1.29, 1.82) is 0 Å². The molecule has 0 saturated carbocycles. The van der Waals surface area contributed by atoms with Crippen LogP contribution in [0.2, 0.25) is 0 Å². The number of aliphatic hydroxyl groups excluding tert-OH is 1. The fraction of sp³-hybridized carbons (Fsp3) is 0.571. The first kappa shape index (κ1) is 14.1. The van der Waals surface area contributed by atoms with Gasteiger partial charge in [-0.25, -0.2) is 4.39 Å². The molecule has 1 heterocycles. The minimum absolute atomic E-state index is 0.0167. The van der Waals surface area contributed by atoms with Crippen LogP contribution >= 0.6 is 0 Å². The molecule has 1 fully saturated rings. The lowest BCUT2D eigenvalue weighted by Gasteiger charge is -2.40. The summed E-state index contributed by atoms with van der Waals surface area (Å²) in [5.74, 6) is 0.161. The smallest absolute Gasteiger partial charge is 0.149 e. The molecule has 0 unspecified atom stereocenters. The van der Waals surface area contributed by atoms with Crippen molar-refractivity contribution in [2.24, 2.45) is 5.41 Å². The predicted octanol–water partition coefficient (Wildman–Crippen LogP) is 2.03. The highest BCUT2D eigenvalue weighted by molar-refractivity contribution is 5.48. The highest BCUT2D eigenvalue weighted by Crippen LogP contribution is 2.28. The van der Waals surface area contributed by atoms with Crippen molar-refractivity contribution < 1.29 is 19.0 Å². The Labute approximate surface area is 112 Å². The number of aliphatic hydroxyl groups is 1. The van der Waals surface area contributed by atoms with Crippen LogP contribution in [0, 0.1) is 11.2 Å². The molecule has 0 atom stereocenters. The van der Waals surface area contributed by atoms with Crippen molar-refractivity contribution in [3.63, 3.8) is 0 Å². The van der Waals surface area contributed by atoms with Crippen molar-refractivity contribution >= 4 is 5.69 Å². The van der Waals surface area contributed by atoms with Crippen LogP contribution in [0.25, 0.3) is 0 Å². The van der Waals surface area contributed by atoms with Crippen molar-refractivity contribution in [3.05, 3.63) is 24.0 Å². The Balaban J connectivity index is 1.97. The maximum absolute atomic E-state index is 13.9. The van der Waals surface area contributed by atoms with Gasteiger partial charge in [0, 0.05) is 12.6 Å². The quantitative estimate of drug-likeness (QED) is 0.829. The Morgan fingerprint density at radius 3 is 2.68 bits per heavy atom. The van der Waals surface area contributed by atoms with Crippen molar-refractivity contribution in [2.45, 2.75) is 20.0 Å². The molecule has 4 nitrogen and oxygen atoms in total. The largest absolute Gasteiger partial charge is 0.491 e. The lowest BCUT2D eigenvalue weighted by Crippen LogP contribution is -2.50. The van der Waals surface area contributed by atoms with Gasteiger partial charge in [0.25, 0.3) is 0 Å². The van der Waals surface area contributed by atoms with Gasteiger partial charge in [-0.2, -0.15) is 0 Å². The van der Waals surface area contributed by atoms with Gasteiger partial charge in [-0.15, -0.1) is 0 Å². The fourth-order valence-corrected chi connectivity index (χ4v) is 1.91. The molecule has 2 rings (SSSR count). The number of rotatable bonds is 6. The average Bonchev–Trinajstić information content (AvgIpc) is 2.30. The maximum atomic E-state index is 13.9. The zero-order valence-electron chi connectivity index (χ0n) is 11.3. The molecule has 106 valence electrons. The van der Waals surface area contributed by atoms with Crippen LogP contribution < -0.4 is 10.1 Å². The Hall–Kier alpha value is -1.33. The monoisotopic (exact) mass is 269 g/mol. The molecule has 0 radical (unpaired) electrons. The Kier molecular flexibility index (Phi) is 4.27. The summed E-state index contributed by atoms with van der Waals surface area (Å²) < 4.78 is 24.4. The molecular weight excluding hydrogens is 249 g/mol. The molecule has 19 heavy (non-hydrogen) atoms. The summed E-state index contributed by atoms with van der Waals surface area (Å²) >= 11 is 0. The van der Waals surface area contributed by atoms with Gasteiger partial charge < -0.3 is 19.9 Å². The molecule has 0 aliphatic carbocycles. The van der Waals surface area contributed by atoms with Crippen molar-refractivity contribution in [3.8, 4) is 5.75 Å². The fourth-order valence-electron chi connectivity index (χ4n) is 1.91. The van der Waals surface area contributed by atoms with Crippen LogP contribution in [0.4, 0.5) is 10.1 Å². The highest BCUT2D eigenvalue weighted by atomic mass is 19.1. The molecule has 0 spiro atoms. The molecular formula is C14H20FNO3. The lowest BCUT2D eigenvalue weighted by atomic mass is 9.87. The summed E-state index contributed by atoms with van der Waals surface area (Å²) in [4.78, 5) is 0. The van der Waals surface area contributed by atoms with E-state index in [1.165, 1.54) is 6.07 Å². The molecule has 1 aliphatic heterocycles. The van der Waals surface area contributed by atoms with E-state index in [0.717, 1.165) is 0 Å². The van der Waals surface area contributed by atoms with Gasteiger partial charge in [-0.05, 0) is 26.0 Å². The van der Waals surface area contributed by atoms with E-state index in [-0.39, 0.29) is 23.9 Å². The van der Waals surface area contributed by atoms with E-state index in [0.29, 0.717) is 31.2 Å². The van der Waals surface area contributed by atoms with E-state index in [1.807, 2.05) is 13.8 Å². The van der Waals surface area contributed by atoms with Crippen LogP contribution in [-0.2, 0) is 4.74 Å². The van der Waals surface area contributed by atoms with E-state index in [2.05, 4.69) is 5.32 Å². The number of nitrogens with one attached hydrogen (secondary N) is 1. The summed E-state index contributed by atoms with van der Waals surface area (Å²) in [7, 11) is 0. The van der Waals surface area contributed by atoms with Gasteiger partial charge in [0.1, 0.15) is 11.6 Å². The van der Waals surface area contributed by atoms with Crippen LogP contribution in [0.3, 0.4) is 0 Å². The zero-order valence-corrected chi connectivity index (χ0v) is 11.3. The van der Waals surface area contributed by atoms with Crippen molar-refractivity contribution in [2.75, 3.05) is 31.7 Å². The molecule has 1 aromatic carbocycles. The number of ether oxygens (including phenoxy) is 2. The van der Waals surface area contributed by atoms with Crippen molar-refractivity contribution in [1.82, 2.24) is 0 Å². The Morgan fingerprint density at radius 1 is 1.47 bits per heavy atom. The second kappa shape index (κ2) is 5.75. The molecule has 0 aromatic heterocycles. The molecule has 5 heteroatoms. The van der Waals surface area contributed by atoms with Gasteiger partial charge >= 0.3 is 0 Å². The third-order valence-electron chi connectivity index (χ3n) is 3.12. The Morgan fingerprint density at radius 2 is 2.21 bits per heavy atom.